The summed E-state index contributed by atoms with van der Waals surface area (Å²) < 4.78 is 16.8. The summed E-state index contributed by atoms with van der Waals surface area (Å²) in [7, 11) is 0. The van der Waals surface area contributed by atoms with Crippen molar-refractivity contribution in [3.05, 3.63) is 64.5 Å². The summed E-state index contributed by atoms with van der Waals surface area (Å²) in [6.07, 6.45) is 3.04. The first-order valence-electron chi connectivity index (χ1n) is 8.95. The number of halogens is 1. The fourth-order valence-electron chi connectivity index (χ4n) is 3.31. The van der Waals surface area contributed by atoms with E-state index in [2.05, 4.69) is 16.3 Å². The predicted molar refractivity (Wildman–Crippen MR) is 96.7 cm³/mol. The van der Waals surface area contributed by atoms with Crippen molar-refractivity contribution in [1.82, 2.24) is 19.6 Å². The first-order valence-corrected chi connectivity index (χ1v) is 8.95. The third-order valence-corrected chi connectivity index (χ3v) is 4.86. The number of rotatable bonds is 5. The minimum atomic E-state index is -1.06. The number of aryl methyl sites for hydroxylation is 2. The Hall–Kier alpha value is -2.98. The van der Waals surface area contributed by atoms with Gasteiger partial charge in [0, 0.05) is 18.3 Å². The SMILES string of the molecule is Cc1cc(C(O)c2cn(CC3CC3)nc2C#N)n(-c2ccc(F)cc2C)n1. The molecule has 6 nitrogen and oxygen atoms in total. The third kappa shape index (κ3) is 3.36. The molecule has 7 heteroatoms. The molecule has 0 bridgehead atoms. The summed E-state index contributed by atoms with van der Waals surface area (Å²) in [6.45, 7) is 4.38. The second-order valence-electron chi connectivity index (χ2n) is 7.17. The zero-order valence-corrected chi connectivity index (χ0v) is 15.2. The maximum atomic E-state index is 13.5. The van der Waals surface area contributed by atoms with E-state index in [1.807, 2.05) is 6.92 Å². The summed E-state index contributed by atoms with van der Waals surface area (Å²) in [6, 6.07) is 8.27. The average Bonchev–Trinajstić information content (AvgIpc) is 3.21. The lowest BCUT2D eigenvalue weighted by Crippen LogP contribution is -2.10. The normalized spacial score (nSPS) is 14.9. The Morgan fingerprint density at radius 2 is 2.07 bits per heavy atom. The lowest BCUT2D eigenvalue weighted by atomic mass is 10.1. The van der Waals surface area contributed by atoms with Crippen LogP contribution in [0.25, 0.3) is 5.69 Å². The lowest BCUT2D eigenvalue weighted by molar-refractivity contribution is 0.211. The molecule has 0 spiro atoms. The van der Waals surface area contributed by atoms with E-state index in [9.17, 15) is 14.8 Å². The van der Waals surface area contributed by atoms with Gasteiger partial charge >= 0.3 is 0 Å². The number of benzene rings is 1. The van der Waals surface area contributed by atoms with E-state index in [1.54, 1.807) is 34.6 Å². The van der Waals surface area contributed by atoms with Crippen LogP contribution >= 0.6 is 0 Å². The monoisotopic (exact) mass is 365 g/mol. The number of aromatic nitrogens is 4. The summed E-state index contributed by atoms with van der Waals surface area (Å²) >= 11 is 0. The number of aliphatic hydroxyl groups excluding tert-OH is 1. The van der Waals surface area contributed by atoms with Gasteiger partial charge in [0.25, 0.3) is 0 Å². The molecule has 1 unspecified atom stereocenters. The fraction of sp³-hybridized carbons (Fsp3) is 0.350. The van der Waals surface area contributed by atoms with E-state index < -0.39 is 6.10 Å². The Morgan fingerprint density at radius 1 is 1.30 bits per heavy atom. The van der Waals surface area contributed by atoms with Crippen LogP contribution in [0.2, 0.25) is 0 Å². The molecule has 1 N–H and O–H groups in total. The highest BCUT2D eigenvalue weighted by atomic mass is 19.1. The highest BCUT2D eigenvalue weighted by molar-refractivity contribution is 5.44. The van der Waals surface area contributed by atoms with Crippen LogP contribution in [-0.4, -0.2) is 24.7 Å². The van der Waals surface area contributed by atoms with Crippen LogP contribution in [0, 0.1) is 36.9 Å². The predicted octanol–water partition coefficient (Wildman–Crippen LogP) is 3.19. The van der Waals surface area contributed by atoms with Gasteiger partial charge in [0.2, 0.25) is 0 Å². The van der Waals surface area contributed by atoms with Crippen molar-refractivity contribution in [3.8, 4) is 11.8 Å². The molecule has 3 aromatic rings. The van der Waals surface area contributed by atoms with E-state index in [0.717, 1.165) is 12.2 Å². The molecule has 0 aliphatic heterocycles. The molecule has 27 heavy (non-hydrogen) atoms. The minimum absolute atomic E-state index is 0.212. The van der Waals surface area contributed by atoms with E-state index in [1.165, 1.54) is 25.0 Å². The Bertz CT molecular complexity index is 1040. The Kier molecular flexibility index (Phi) is 4.28. The molecule has 2 aromatic heterocycles. The van der Waals surface area contributed by atoms with Crippen molar-refractivity contribution in [3.63, 3.8) is 0 Å². The van der Waals surface area contributed by atoms with Crippen LogP contribution in [0.3, 0.4) is 0 Å². The average molecular weight is 365 g/mol. The van der Waals surface area contributed by atoms with Crippen molar-refractivity contribution in [1.29, 1.82) is 5.26 Å². The molecule has 0 radical (unpaired) electrons. The zero-order chi connectivity index (χ0) is 19.1. The number of aliphatic hydroxyl groups is 1. The lowest BCUT2D eigenvalue weighted by Gasteiger charge is -2.14. The number of nitriles is 1. The molecular formula is C20H20FN5O. The minimum Gasteiger partial charge on any atom is -0.382 e. The van der Waals surface area contributed by atoms with Gasteiger partial charge in [-0.1, -0.05) is 0 Å². The second-order valence-corrected chi connectivity index (χ2v) is 7.17. The summed E-state index contributed by atoms with van der Waals surface area (Å²) in [4.78, 5) is 0. The molecule has 1 aliphatic carbocycles. The molecule has 1 aromatic carbocycles. The van der Waals surface area contributed by atoms with Gasteiger partial charge in [0.05, 0.1) is 17.1 Å². The van der Waals surface area contributed by atoms with Gasteiger partial charge in [-0.15, -0.1) is 0 Å². The Balaban J connectivity index is 1.75. The standard InChI is InChI=1S/C20H20FN5O/c1-12-7-15(21)5-6-18(12)26-19(8-13(2)23-26)20(27)16-11-25(10-14-3-4-14)24-17(16)9-22/h5-8,11,14,20,27H,3-4,10H2,1-2H3. The molecule has 1 saturated carbocycles. The smallest absolute Gasteiger partial charge is 0.168 e. The molecule has 2 heterocycles. The first kappa shape index (κ1) is 17.4. The van der Waals surface area contributed by atoms with Crippen LogP contribution in [0.4, 0.5) is 4.39 Å². The number of nitrogens with zero attached hydrogens (tertiary/aromatic N) is 5. The Labute approximate surface area is 156 Å². The zero-order valence-electron chi connectivity index (χ0n) is 15.2. The van der Waals surface area contributed by atoms with Gasteiger partial charge in [0.1, 0.15) is 18.0 Å². The van der Waals surface area contributed by atoms with Crippen molar-refractivity contribution in [2.45, 2.75) is 39.3 Å². The van der Waals surface area contributed by atoms with Gasteiger partial charge < -0.3 is 5.11 Å². The highest BCUT2D eigenvalue weighted by Gasteiger charge is 2.26. The topological polar surface area (TPSA) is 79.7 Å². The highest BCUT2D eigenvalue weighted by Crippen LogP contribution is 2.32. The molecule has 4 rings (SSSR count). The van der Waals surface area contributed by atoms with E-state index in [0.29, 0.717) is 28.4 Å². The number of hydrogen-bond acceptors (Lipinski definition) is 4. The van der Waals surface area contributed by atoms with Crippen molar-refractivity contribution < 1.29 is 9.50 Å². The van der Waals surface area contributed by atoms with E-state index in [4.69, 9.17) is 0 Å². The molecule has 1 aliphatic rings. The fourth-order valence-corrected chi connectivity index (χ4v) is 3.31. The van der Waals surface area contributed by atoms with Gasteiger partial charge in [0.15, 0.2) is 5.69 Å². The third-order valence-electron chi connectivity index (χ3n) is 4.86. The molecule has 1 fully saturated rings. The van der Waals surface area contributed by atoms with Crippen LogP contribution in [0.1, 0.15) is 47.2 Å². The summed E-state index contributed by atoms with van der Waals surface area (Å²) in [5.74, 6) is 0.284. The second kappa shape index (κ2) is 6.63. The van der Waals surface area contributed by atoms with Crippen LogP contribution in [0.5, 0.6) is 0 Å². The van der Waals surface area contributed by atoms with Crippen LogP contribution in [0.15, 0.2) is 30.5 Å². The molecular weight excluding hydrogens is 345 g/mol. The van der Waals surface area contributed by atoms with Crippen molar-refractivity contribution in [2.75, 3.05) is 0 Å². The van der Waals surface area contributed by atoms with E-state index >= 15 is 0 Å². The summed E-state index contributed by atoms with van der Waals surface area (Å²) in [5.41, 5.74) is 3.30. The van der Waals surface area contributed by atoms with Crippen molar-refractivity contribution in [2.24, 2.45) is 5.92 Å². The maximum Gasteiger partial charge on any atom is 0.168 e. The molecule has 138 valence electrons. The van der Waals surface area contributed by atoms with Crippen molar-refractivity contribution >= 4 is 0 Å². The quantitative estimate of drug-likeness (QED) is 0.753. The van der Waals surface area contributed by atoms with Gasteiger partial charge in [-0.3, -0.25) is 4.68 Å². The van der Waals surface area contributed by atoms with Gasteiger partial charge in [-0.2, -0.15) is 15.5 Å². The number of hydrogen-bond donors (Lipinski definition) is 1. The molecule has 1 atom stereocenters. The van der Waals surface area contributed by atoms with Crippen LogP contribution < -0.4 is 0 Å². The largest absolute Gasteiger partial charge is 0.382 e. The molecule has 0 saturated heterocycles. The van der Waals surface area contributed by atoms with Crippen LogP contribution in [-0.2, 0) is 6.54 Å². The maximum absolute atomic E-state index is 13.5. The summed E-state index contributed by atoms with van der Waals surface area (Å²) in [5, 5.41) is 29.2. The van der Waals surface area contributed by atoms with Gasteiger partial charge in [-0.25, -0.2) is 9.07 Å². The Morgan fingerprint density at radius 3 is 2.74 bits per heavy atom. The van der Waals surface area contributed by atoms with Gasteiger partial charge in [-0.05, 0) is 62.4 Å². The molecule has 0 amide bonds. The first-order chi connectivity index (χ1) is 13.0. The van der Waals surface area contributed by atoms with E-state index in [-0.39, 0.29) is 11.5 Å².